The number of aryl methyl sites for hydroxylation is 1. The van der Waals surface area contributed by atoms with Crippen LogP contribution >= 0.6 is 11.6 Å². The average Bonchev–Trinajstić information content (AvgIpc) is 3.59. The smallest absolute Gasteiger partial charge is 0.354 e. The average molecular weight is 831 g/mol. The van der Waals surface area contributed by atoms with Crippen molar-refractivity contribution in [1.82, 2.24) is 29.5 Å². The van der Waals surface area contributed by atoms with Gasteiger partial charge in [-0.1, -0.05) is 83.5 Å². The number of H-pyrrole nitrogens is 1. The van der Waals surface area contributed by atoms with Crippen LogP contribution in [-0.2, 0) is 33.9 Å². The van der Waals surface area contributed by atoms with Crippen LogP contribution in [0.2, 0.25) is 5.02 Å². The van der Waals surface area contributed by atoms with Crippen LogP contribution < -0.4 is 27.8 Å². The SMILES string of the molecule is CC(C)(C)c1cc2cn(-c3ccc(CNCCCN=C(N)N)cc3)c(=O)nc2[nH]1.Cc1cc(Cl)cc(CN(C2CCNCC2)S(=O)(=O)c2ccc(C(C)(C)C)cc2)c1. The standard InChI is InChI=1S/C23H31ClN2O2S.C21H29N7O/c1-17-13-18(15-20(24)14-17)16-26(21-9-11-25-12-10-21)29(27,28)22-7-5-19(6-8-22)23(2,3)4;1-21(2,3)17-11-15-13-28(20(29)27-18(15)26-17)16-7-5-14(6-8-16)12-24-9-4-10-25-19(22)23/h5-8,13-15,21,25H,9-12,16H2,1-4H3;5-8,11,13,24H,4,9-10,12H2,1-3H3,(H4,22,23,25)(H,26,27,29). The van der Waals surface area contributed by atoms with Crippen LogP contribution in [0.1, 0.15) is 88.8 Å². The minimum Gasteiger partial charge on any atom is -0.370 e. The lowest BCUT2D eigenvalue weighted by Crippen LogP contribution is -2.45. The molecule has 7 N–H and O–H groups in total. The molecule has 14 heteroatoms. The molecule has 0 spiro atoms. The van der Waals surface area contributed by atoms with Crippen molar-refractivity contribution in [3.8, 4) is 5.69 Å². The zero-order chi connectivity index (χ0) is 42.3. The summed E-state index contributed by atoms with van der Waals surface area (Å²) < 4.78 is 30.5. The van der Waals surface area contributed by atoms with E-state index in [2.05, 4.69) is 73.2 Å². The second-order valence-electron chi connectivity index (χ2n) is 17.1. The van der Waals surface area contributed by atoms with Gasteiger partial charge in [-0.25, -0.2) is 13.2 Å². The van der Waals surface area contributed by atoms with Gasteiger partial charge >= 0.3 is 5.69 Å². The fourth-order valence-electron chi connectivity index (χ4n) is 6.85. The number of piperidine rings is 1. The fourth-order valence-corrected chi connectivity index (χ4v) is 8.84. The summed E-state index contributed by atoms with van der Waals surface area (Å²) in [4.78, 5) is 24.3. The van der Waals surface area contributed by atoms with Crippen LogP contribution in [0, 0.1) is 6.92 Å². The van der Waals surface area contributed by atoms with Crippen molar-refractivity contribution < 1.29 is 8.42 Å². The Morgan fingerprint density at radius 2 is 1.62 bits per heavy atom. The number of rotatable bonds is 12. The van der Waals surface area contributed by atoms with E-state index < -0.39 is 10.0 Å². The second-order valence-corrected chi connectivity index (χ2v) is 19.4. The number of aromatic amines is 1. The Kier molecular flexibility index (Phi) is 14.6. The number of sulfonamides is 1. The molecular weight excluding hydrogens is 770 g/mol. The summed E-state index contributed by atoms with van der Waals surface area (Å²) in [6, 6.07) is 23.0. The third-order valence-corrected chi connectivity index (χ3v) is 12.3. The maximum atomic E-state index is 13.6. The van der Waals surface area contributed by atoms with Gasteiger partial charge in [0.05, 0.1) is 10.6 Å². The monoisotopic (exact) mass is 829 g/mol. The highest BCUT2D eigenvalue weighted by atomic mass is 35.5. The molecule has 1 aliphatic heterocycles. The van der Waals surface area contributed by atoms with Crippen LogP contribution in [0.3, 0.4) is 0 Å². The van der Waals surface area contributed by atoms with E-state index in [1.54, 1.807) is 21.0 Å². The molecule has 2 aromatic heterocycles. The Balaban J connectivity index is 0.000000221. The summed E-state index contributed by atoms with van der Waals surface area (Å²) >= 11 is 6.23. The van der Waals surface area contributed by atoms with Crippen molar-refractivity contribution >= 4 is 38.6 Å². The first-order valence-corrected chi connectivity index (χ1v) is 21.7. The summed E-state index contributed by atoms with van der Waals surface area (Å²) in [5.74, 6) is 0.123. The summed E-state index contributed by atoms with van der Waals surface area (Å²) in [5, 5.41) is 8.23. The number of benzene rings is 3. The Morgan fingerprint density at radius 1 is 0.948 bits per heavy atom. The first-order valence-electron chi connectivity index (χ1n) is 19.9. The fraction of sp³-hybridized carbons (Fsp3) is 0.432. The van der Waals surface area contributed by atoms with Crippen molar-refractivity contribution in [1.29, 1.82) is 0 Å². The Hall–Kier alpha value is -4.53. The number of aliphatic imine (C=N–C) groups is 1. The molecule has 0 amide bonds. The number of guanidine groups is 1. The van der Waals surface area contributed by atoms with Gasteiger partial charge in [0.2, 0.25) is 10.0 Å². The molecule has 0 radical (unpaired) electrons. The summed E-state index contributed by atoms with van der Waals surface area (Å²) in [6.07, 6.45) is 4.31. The largest absolute Gasteiger partial charge is 0.370 e. The zero-order valence-electron chi connectivity index (χ0n) is 34.9. The minimum atomic E-state index is -3.62. The lowest BCUT2D eigenvalue weighted by atomic mass is 9.87. The highest BCUT2D eigenvalue weighted by Crippen LogP contribution is 2.29. The van der Waals surface area contributed by atoms with Gasteiger partial charge in [0.15, 0.2) is 5.96 Å². The number of halogens is 1. The van der Waals surface area contributed by atoms with Gasteiger partial charge in [-0.15, -0.1) is 0 Å². The number of fused-ring (bicyclic) bond motifs is 1. The normalized spacial score (nSPS) is 14.0. The molecule has 6 rings (SSSR count). The number of hydrogen-bond donors (Lipinski definition) is 5. The molecule has 1 fully saturated rings. The summed E-state index contributed by atoms with van der Waals surface area (Å²) in [6.45, 7) is 18.9. The summed E-state index contributed by atoms with van der Waals surface area (Å²) in [7, 11) is -3.62. The van der Waals surface area contributed by atoms with E-state index >= 15 is 0 Å². The number of nitrogens with one attached hydrogen (secondary N) is 3. The molecular formula is C44H60ClN9O3S. The van der Waals surface area contributed by atoms with Gasteiger partial charge < -0.3 is 27.1 Å². The molecule has 312 valence electrons. The van der Waals surface area contributed by atoms with E-state index in [4.69, 9.17) is 23.1 Å². The molecule has 3 aromatic carbocycles. The summed E-state index contributed by atoms with van der Waals surface area (Å²) in [5.41, 5.74) is 16.9. The lowest BCUT2D eigenvalue weighted by Gasteiger charge is -2.34. The molecule has 1 saturated heterocycles. The molecule has 0 bridgehead atoms. The predicted molar refractivity (Wildman–Crippen MR) is 237 cm³/mol. The maximum absolute atomic E-state index is 13.6. The number of hydrogen-bond acceptors (Lipinski definition) is 7. The van der Waals surface area contributed by atoms with E-state index in [-0.39, 0.29) is 28.5 Å². The number of nitrogens with zero attached hydrogens (tertiary/aromatic N) is 4. The van der Waals surface area contributed by atoms with Crippen molar-refractivity contribution in [2.75, 3.05) is 26.2 Å². The Labute approximate surface area is 348 Å². The van der Waals surface area contributed by atoms with Gasteiger partial charge in [-0.2, -0.15) is 9.29 Å². The van der Waals surface area contributed by atoms with Gasteiger partial charge in [0.25, 0.3) is 0 Å². The molecule has 0 unspecified atom stereocenters. The maximum Gasteiger partial charge on any atom is 0.354 e. The molecule has 58 heavy (non-hydrogen) atoms. The third kappa shape index (κ3) is 12.0. The molecule has 0 aliphatic carbocycles. The highest BCUT2D eigenvalue weighted by Gasteiger charge is 2.33. The first kappa shape index (κ1) is 44.6. The number of nitrogens with two attached hydrogens (primary N) is 2. The molecule has 5 aromatic rings. The van der Waals surface area contributed by atoms with Gasteiger partial charge in [0.1, 0.15) is 5.65 Å². The number of aromatic nitrogens is 3. The van der Waals surface area contributed by atoms with Gasteiger partial charge in [0, 0.05) is 53.4 Å². The quantitative estimate of drug-likeness (QED) is 0.0528. The van der Waals surface area contributed by atoms with E-state index in [0.29, 0.717) is 28.7 Å². The van der Waals surface area contributed by atoms with Crippen LogP contribution in [0.4, 0.5) is 0 Å². The second kappa shape index (κ2) is 19.0. The minimum absolute atomic E-state index is 0.0185. The zero-order valence-corrected chi connectivity index (χ0v) is 36.5. The first-order chi connectivity index (χ1) is 27.3. The molecule has 0 atom stereocenters. The van der Waals surface area contributed by atoms with E-state index in [1.807, 2.05) is 67.7 Å². The highest BCUT2D eigenvalue weighted by molar-refractivity contribution is 7.89. The van der Waals surface area contributed by atoms with Crippen LogP contribution in [0.25, 0.3) is 16.7 Å². The van der Waals surface area contributed by atoms with Crippen LogP contribution in [-0.4, -0.2) is 65.4 Å². The van der Waals surface area contributed by atoms with Crippen molar-refractivity contribution in [3.63, 3.8) is 0 Å². The lowest BCUT2D eigenvalue weighted by molar-refractivity contribution is 0.256. The van der Waals surface area contributed by atoms with Gasteiger partial charge in [-0.3, -0.25) is 9.56 Å². The Bertz CT molecular complexity index is 2310. The molecule has 12 nitrogen and oxygen atoms in total. The van der Waals surface area contributed by atoms with Crippen molar-refractivity contribution in [2.24, 2.45) is 16.5 Å². The van der Waals surface area contributed by atoms with Gasteiger partial charge in [-0.05, 0) is 116 Å². The van der Waals surface area contributed by atoms with E-state index in [9.17, 15) is 13.2 Å². The van der Waals surface area contributed by atoms with E-state index in [1.165, 1.54) is 0 Å². The van der Waals surface area contributed by atoms with Crippen molar-refractivity contribution in [2.45, 2.75) is 103 Å². The third-order valence-electron chi connectivity index (χ3n) is 10.1. The Morgan fingerprint density at radius 3 is 2.22 bits per heavy atom. The molecule has 1 aliphatic rings. The molecule has 0 saturated carbocycles. The van der Waals surface area contributed by atoms with Crippen molar-refractivity contribution in [3.05, 3.63) is 122 Å². The van der Waals surface area contributed by atoms with Crippen LogP contribution in [0.15, 0.2) is 93.7 Å². The predicted octanol–water partition coefficient (Wildman–Crippen LogP) is 6.65. The molecule has 3 heterocycles. The van der Waals surface area contributed by atoms with Crippen LogP contribution in [0.5, 0.6) is 0 Å². The van der Waals surface area contributed by atoms with E-state index in [0.717, 1.165) is 84.5 Å². The topological polar surface area (TPSA) is 177 Å².